The Morgan fingerprint density at radius 1 is 1.28 bits per heavy atom. The van der Waals surface area contributed by atoms with Crippen molar-refractivity contribution in [3.63, 3.8) is 0 Å². The van der Waals surface area contributed by atoms with E-state index in [0.29, 0.717) is 12.1 Å². The summed E-state index contributed by atoms with van der Waals surface area (Å²) in [5, 5.41) is 0. The minimum atomic E-state index is -4.73. The molecule has 0 saturated carbocycles. The number of halogens is 5. The summed E-state index contributed by atoms with van der Waals surface area (Å²) in [6.07, 6.45) is -4.73. The maximum absolute atomic E-state index is 12.6. The Hall–Kier alpha value is -1.66. The van der Waals surface area contributed by atoms with Gasteiger partial charge in [0.1, 0.15) is 5.75 Å². The molecule has 0 saturated heterocycles. The number of carbonyl (C=O) groups excluding carboxylic acids is 1. The van der Waals surface area contributed by atoms with Gasteiger partial charge in [-0.25, -0.2) is 0 Å². The van der Waals surface area contributed by atoms with Gasteiger partial charge >= 0.3 is 12.8 Å². The first kappa shape index (κ1) is 14.4. The molecule has 0 radical (unpaired) electrons. The van der Waals surface area contributed by atoms with Crippen molar-refractivity contribution < 1.29 is 31.5 Å². The molecule has 0 aromatic heterocycles. The normalized spacial score (nSPS) is 11.8. The Labute approximate surface area is 99.4 Å². The van der Waals surface area contributed by atoms with Crippen LogP contribution < -0.4 is 4.74 Å². The second-order valence-electron chi connectivity index (χ2n) is 3.60. The van der Waals surface area contributed by atoms with E-state index in [-0.39, 0.29) is 5.56 Å². The molecule has 0 aliphatic rings. The van der Waals surface area contributed by atoms with E-state index in [1.54, 1.807) is 0 Å². The molecule has 0 atom stereocenters. The topological polar surface area (TPSA) is 26.3 Å². The fourth-order valence-electron chi connectivity index (χ4n) is 1.44. The molecule has 0 aliphatic heterocycles. The summed E-state index contributed by atoms with van der Waals surface area (Å²) in [6, 6.07) is 1.31. The van der Waals surface area contributed by atoms with Crippen molar-refractivity contribution in [1.82, 2.24) is 0 Å². The number of hydrogen-bond donors (Lipinski definition) is 0. The minimum Gasteiger partial charge on any atom is -0.435 e. The molecule has 0 aliphatic carbocycles. The van der Waals surface area contributed by atoms with Crippen LogP contribution in [0.1, 0.15) is 28.4 Å². The molecule has 0 N–H and O–H groups in total. The molecule has 0 heterocycles. The number of hydrogen-bond acceptors (Lipinski definition) is 2. The van der Waals surface area contributed by atoms with Gasteiger partial charge < -0.3 is 4.74 Å². The standard InChI is InChI=1S/C11H9F5O2/c1-5-3-8(11(14,15)16)7(6(2)17)4-9(5)18-10(12)13/h3-4,10H,1-2H3. The lowest BCUT2D eigenvalue weighted by molar-refractivity contribution is -0.138. The van der Waals surface area contributed by atoms with Crippen LogP contribution in [0.4, 0.5) is 22.0 Å². The third kappa shape index (κ3) is 3.18. The Balaban J connectivity index is 3.39. The van der Waals surface area contributed by atoms with E-state index in [1.165, 1.54) is 6.92 Å². The summed E-state index contributed by atoms with van der Waals surface area (Å²) >= 11 is 0. The lowest BCUT2D eigenvalue weighted by atomic mass is 10.0. The number of Topliss-reactive ketones (excluding diaryl/α,β-unsaturated/α-hetero) is 1. The highest BCUT2D eigenvalue weighted by Gasteiger charge is 2.35. The first-order valence-corrected chi connectivity index (χ1v) is 4.80. The average Bonchev–Trinajstić information content (AvgIpc) is 2.17. The Morgan fingerprint density at radius 2 is 1.83 bits per heavy atom. The number of benzene rings is 1. The summed E-state index contributed by atoms with van der Waals surface area (Å²) in [6.45, 7) is -1.05. The Bertz CT molecular complexity index is 465. The van der Waals surface area contributed by atoms with Crippen LogP contribution in [0.25, 0.3) is 0 Å². The molecule has 0 fully saturated rings. The molecule has 0 amide bonds. The van der Waals surface area contributed by atoms with Crippen molar-refractivity contribution in [2.45, 2.75) is 26.6 Å². The fraction of sp³-hybridized carbons (Fsp3) is 0.364. The molecule has 1 rings (SSSR count). The van der Waals surface area contributed by atoms with Crippen molar-refractivity contribution in [1.29, 1.82) is 0 Å². The zero-order valence-corrected chi connectivity index (χ0v) is 9.44. The largest absolute Gasteiger partial charge is 0.435 e. The molecule has 2 nitrogen and oxygen atoms in total. The van der Waals surface area contributed by atoms with Crippen molar-refractivity contribution in [3.8, 4) is 5.75 Å². The van der Waals surface area contributed by atoms with Crippen LogP contribution in [0.2, 0.25) is 0 Å². The monoisotopic (exact) mass is 268 g/mol. The smallest absolute Gasteiger partial charge is 0.417 e. The number of rotatable bonds is 3. The maximum atomic E-state index is 12.6. The van der Waals surface area contributed by atoms with Gasteiger partial charge in [0.15, 0.2) is 5.78 Å². The van der Waals surface area contributed by atoms with E-state index >= 15 is 0 Å². The zero-order chi connectivity index (χ0) is 14.1. The molecule has 18 heavy (non-hydrogen) atoms. The predicted molar refractivity (Wildman–Crippen MR) is 52.8 cm³/mol. The number of ether oxygens (including phenoxy) is 1. The van der Waals surface area contributed by atoms with E-state index in [0.717, 1.165) is 6.92 Å². The number of aryl methyl sites for hydroxylation is 1. The Morgan fingerprint density at radius 3 is 2.22 bits per heavy atom. The van der Waals surface area contributed by atoms with E-state index in [1.807, 2.05) is 0 Å². The fourth-order valence-corrected chi connectivity index (χ4v) is 1.44. The number of ketones is 1. The molecular formula is C11H9F5O2. The van der Waals surface area contributed by atoms with E-state index in [4.69, 9.17) is 0 Å². The van der Waals surface area contributed by atoms with Crippen LogP contribution in [0.3, 0.4) is 0 Å². The van der Waals surface area contributed by atoms with Gasteiger partial charge in [-0.1, -0.05) is 0 Å². The van der Waals surface area contributed by atoms with Gasteiger partial charge in [0.05, 0.1) is 5.56 Å². The third-order valence-corrected chi connectivity index (χ3v) is 2.22. The second-order valence-corrected chi connectivity index (χ2v) is 3.60. The highest BCUT2D eigenvalue weighted by Crippen LogP contribution is 2.36. The maximum Gasteiger partial charge on any atom is 0.417 e. The van der Waals surface area contributed by atoms with Crippen molar-refractivity contribution in [2.75, 3.05) is 0 Å². The highest BCUT2D eigenvalue weighted by molar-refractivity contribution is 5.96. The first-order valence-electron chi connectivity index (χ1n) is 4.80. The molecule has 1 aromatic rings. The van der Waals surface area contributed by atoms with Crippen molar-refractivity contribution >= 4 is 5.78 Å². The third-order valence-electron chi connectivity index (χ3n) is 2.22. The van der Waals surface area contributed by atoms with Crippen LogP contribution in [0.5, 0.6) is 5.75 Å². The van der Waals surface area contributed by atoms with Crippen molar-refractivity contribution in [2.24, 2.45) is 0 Å². The van der Waals surface area contributed by atoms with Crippen LogP contribution in [0.15, 0.2) is 12.1 Å². The van der Waals surface area contributed by atoms with Crippen LogP contribution in [-0.4, -0.2) is 12.4 Å². The molecule has 0 bridgehead atoms. The molecule has 1 aromatic carbocycles. The molecule has 7 heteroatoms. The summed E-state index contributed by atoms with van der Waals surface area (Å²) in [5.74, 6) is -1.32. The van der Waals surface area contributed by atoms with Crippen LogP contribution in [0, 0.1) is 6.92 Å². The minimum absolute atomic E-state index is 0.118. The molecule has 0 spiro atoms. The van der Waals surface area contributed by atoms with Gasteiger partial charge in [-0.2, -0.15) is 22.0 Å². The summed E-state index contributed by atoms with van der Waals surface area (Å²) < 4.78 is 66.1. The number of alkyl halides is 5. The average molecular weight is 268 g/mol. The second kappa shape index (κ2) is 4.91. The summed E-state index contributed by atoms with van der Waals surface area (Å²) in [5.41, 5.74) is -1.97. The van der Waals surface area contributed by atoms with E-state index < -0.39 is 35.4 Å². The zero-order valence-electron chi connectivity index (χ0n) is 9.44. The van der Waals surface area contributed by atoms with Gasteiger partial charge in [-0.15, -0.1) is 0 Å². The molecule has 100 valence electrons. The van der Waals surface area contributed by atoms with Crippen molar-refractivity contribution in [3.05, 3.63) is 28.8 Å². The summed E-state index contributed by atoms with van der Waals surface area (Å²) in [4.78, 5) is 11.1. The molecule has 0 unspecified atom stereocenters. The SMILES string of the molecule is CC(=O)c1cc(OC(F)F)c(C)cc1C(F)(F)F. The number of carbonyl (C=O) groups is 1. The molecular weight excluding hydrogens is 259 g/mol. The lowest BCUT2D eigenvalue weighted by Gasteiger charge is -2.15. The van der Waals surface area contributed by atoms with E-state index in [9.17, 15) is 26.7 Å². The van der Waals surface area contributed by atoms with Gasteiger partial charge in [0, 0.05) is 5.56 Å². The van der Waals surface area contributed by atoms with Gasteiger partial charge in [0.2, 0.25) is 0 Å². The first-order chi connectivity index (χ1) is 8.12. The highest BCUT2D eigenvalue weighted by atomic mass is 19.4. The summed E-state index contributed by atoms with van der Waals surface area (Å²) in [7, 11) is 0. The lowest BCUT2D eigenvalue weighted by Crippen LogP contribution is -2.13. The van der Waals surface area contributed by atoms with Crippen LogP contribution >= 0.6 is 0 Å². The quantitative estimate of drug-likeness (QED) is 0.615. The van der Waals surface area contributed by atoms with Gasteiger partial charge in [-0.3, -0.25) is 4.79 Å². The predicted octanol–water partition coefficient (Wildman–Crippen LogP) is 3.82. The van der Waals surface area contributed by atoms with Crippen LogP contribution in [-0.2, 0) is 6.18 Å². The van der Waals surface area contributed by atoms with E-state index in [2.05, 4.69) is 4.74 Å². The van der Waals surface area contributed by atoms with Gasteiger partial charge in [-0.05, 0) is 31.5 Å². The Kier molecular flexibility index (Phi) is 3.93. The van der Waals surface area contributed by atoms with Gasteiger partial charge in [0.25, 0.3) is 0 Å².